The van der Waals surface area contributed by atoms with Crippen LogP contribution in [0.5, 0.6) is 0 Å². The number of aromatic carboxylic acids is 1. The van der Waals surface area contributed by atoms with E-state index in [9.17, 15) is 18.4 Å². The lowest BCUT2D eigenvalue weighted by atomic mass is 10.1. The van der Waals surface area contributed by atoms with Crippen LogP contribution in [0.25, 0.3) is 0 Å². The molecule has 0 radical (unpaired) electrons. The zero-order valence-electron chi connectivity index (χ0n) is 11.1. The molecule has 0 bridgehead atoms. The second kappa shape index (κ2) is 5.74. The summed E-state index contributed by atoms with van der Waals surface area (Å²) in [6.45, 7) is 2.37. The number of halogens is 2. The smallest absolute Gasteiger partial charge is 0.338 e. The van der Waals surface area contributed by atoms with E-state index in [0.29, 0.717) is 12.6 Å². The predicted molar refractivity (Wildman–Crippen MR) is 71.4 cm³/mol. The normalized spacial score (nSPS) is 10.4. The number of nitrogens with zero attached hydrogens (tertiary/aromatic N) is 1. The van der Waals surface area contributed by atoms with Gasteiger partial charge in [-0.3, -0.25) is 4.79 Å². The van der Waals surface area contributed by atoms with Crippen molar-refractivity contribution in [2.24, 2.45) is 0 Å². The number of aromatic nitrogens is 1. The summed E-state index contributed by atoms with van der Waals surface area (Å²) >= 11 is 0. The molecule has 0 aliphatic heterocycles. The van der Waals surface area contributed by atoms with Crippen molar-refractivity contribution in [1.82, 2.24) is 4.57 Å². The summed E-state index contributed by atoms with van der Waals surface area (Å²) in [6, 6.07) is 4.38. The summed E-state index contributed by atoms with van der Waals surface area (Å²) in [5.74, 6) is -4.39. The van der Waals surface area contributed by atoms with Gasteiger partial charge in [-0.05, 0) is 25.1 Å². The third-order valence-electron chi connectivity index (χ3n) is 2.94. The minimum atomic E-state index is -1.54. The number of carbonyl (C=O) groups is 2. The molecule has 7 heteroatoms. The van der Waals surface area contributed by atoms with Crippen molar-refractivity contribution in [1.29, 1.82) is 0 Å². The topological polar surface area (TPSA) is 71.3 Å². The van der Waals surface area contributed by atoms with E-state index >= 15 is 0 Å². The van der Waals surface area contributed by atoms with Crippen LogP contribution in [0.2, 0.25) is 0 Å². The average Bonchev–Trinajstić information content (AvgIpc) is 2.89. The van der Waals surface area contributed by atoms with Gasteiger partial charge in [0.05, 0.1) is 11.3 Å². The number of benzene rings is 1. The molecule has 0 spiro atoms. The number of hydrogen-bond acceptors (Lipinski definition) is 2. The van der Waals surface area contributed by atoms with Crippen LogP contribution >= 0.6 is 0 Å². The van der Waals surface area contributed by atoms with E-state index in [1.54, 1.807) is 22.9 Å². The molecule has 2 aromatic rings. The Morgan fingerprint density at radius 1 is 1.29 bits per heavy atom. The Labute approximate surface area is 118 Å². The molecule has 0 saturated heterocycles. The molecule has 0 fully saturated rings. The summed E-state index contributed by atoms with van der Waals surface area (Å²) in [7, 11) is 0. The largest absolute Gasteiger partial charge is 0.478 e. The molecule has 0 aliphatic carbocycles. The molecule has 2 N–H and O–H groups in total. The van der Waals surface area contributed by atoms with Crippen LogP contribution in [0.3, 0.4) is 0 Å². The molecule has 2 rings (SSSR count). The van der Waals surface area contributed by atoms with Gasteiger partial charge in [-0.2, -0.15) is 0 Å². The standard InChI is InChI=1S/C14H12F2N2O3/c1-2-18-5-3-4-12(18)13(19)17-11-6-8(14(20)21)9(15)7-10(11)16/h3-7H,2H2,1H3,(H,17,19)(H,20,21). The maximum atomic E-state index is 13.6. The molecule has 1 aromatic heterocycles. The number of anilines is 1. The number of aryl methyl sites for hydroxylation is 1. The first kappa shape index (κ1) is 14.7. The van der Waals surface area contributed by atoms with E-state index in [1.165, 1.54) is 0 Å². The molecule has 110 valence electrons. The predicted octanol–water partition coefficient (Wildman–Crippen LogP) is 2.74. The number of carbonyl (C=O) groups excluding carboxylic acids is 1. The van der Waals surface area contributed by atoms with Crippen LogP contribution in [-0.2, 0) is 6.54 Å². The first-order valence-corrected chi connectivity index (χ1v) is 6.13. The summed E-state index contributed by atoms with van der Waals surface area (Å²) < 4.78 is 28.5. The van der Waals surface area contributed by atoms with Crippen molar-refractivity contribution >= 4 is 17.6 Å². The van der Waals surface area contributed by atoms with Gasteiger partial charge in [0.1, 0.15) is 17.3 Å². The van der Waals surface area contributed by atoms with Gasteiger partial charge in [0.25, 0.3) is 5.91 Å². The quantitative estimate of drug-likeness (QED) is 0.910. The fourth-order valence-corrected chi connectivity index (χ4v) is 1.89. The molecular formula is C14H12F2N2O3. The first-order valence-electron chi connectivity index (χ1n) is 6.13. The van der Waals surface area contributed by atoms with Crippen LogP contribution in [0.4, 0.5) is 14.5 Å². The molecule has 0 unspecified atom stereocenters. The average molecular weight is 294 g/mol. The molecule has 0 atom stereocenters. The van der Waals surface area contributed by atoms with Crippen molar-refractivity contribution in [2.75, 3.05) is 5.32 Å². The molecule has 21 heavy (non-hydrogen) atoms. The maximum Gasteiger partial charge on any atom is 0.338 e. The summed E-state index contributed by atoms with van der Waals surface area (Å²) in [4.78, 5) is 22.9. The Kier molecular flexibility index (Phi) is 4.02. The van der Waals surface area contributed by atoms with Crippen LogP contribution in [0.1, 0.15) is 27.8 Å². The Morgan fingerprint density at radius 2 is 2.00 bits per heavy atom. The number of nitrogens with one attached hydrogen (secondary N) is 1. The zero-order chi connectivity index (χ0) is 15.6. The molecule has 1 amide bonds. The van der Waals surface area contributed by atoms with E-state index in [0.717, 1.165) is 6.07 Å². The lowest BCUT2D eigenvalue weighted by molar-refractivity contribution is 0.0691. The fourth-order valence-electron chi connectivity index (χ4n) is 1.89. The van der Waals surface area contributed by atoms with E-state index in [4.69, 9.17) is 5.11 Å². The molecule has 0 aliphatic rings. The highest BCUT2D eigenvalue weighted by Gasteiger charge is 2.18. The third kappa shape index (κ3) is 2.91. The lowest BCUT2D eigenvalue weighted by Gasteiger charge is -2.10. The highest BCUT2D eigenvalue weighted by molar-refractivity contribution is 6.04. The van der Waals surface area contributed by atoms with Crippen molar-refractivity contribution in [3.05, 3.63) is 53.4 Å². The molecular weight excluding hydrogens is 282 g/mol. The van der Waals surface area contributed by atoms with Gasteiger partial charge in [0, 0.05) is 18.8 Å². The minimum Gasteiger partial charge on any atom is -0.478 e. The zero-order valence-corrected chi connectivity index (χ0v) is 11.1. The molecule has 5 nitrogen and oxygen atoms in total. The van der Waals surface area contributed by atoms with Crippen LogP contribution < -0.4 is 5.32 Å². The maximum absolute atomic E-state index is 13.6. The summed E-state index contributed by atoms with van der Waals surface area (Å²) in [5, 5.41) is 11.0. The van der Waals surface area contributed by atoms with Gasteiger partial charge in [-0.25, -0.2) is 13.6 Å². The van der Waals surface area contributed by atoms with Gasteiger partial charge in [-0.15, -0.1) is 0 Å². The minimum absolute atomic E-state index is 0.290. The Bertz CT molecular complexity index is 710. The Morgan fingerprint density at radius 3 is 2.62 bits per heavy atom. The van der Waals surface area contributed by atoms with E-state index in [1.807, 2.05) is 6.92 Å². The van der Waals surface area contributed by atoms with E-state index in [2.05, 4.69) is 5.32 Å². The lowest BCUT2D eigenvalue weighted by Crippen LogP contribution is -2.18. The van der Waals surface area contributed by atoms with Crippen LogP contribution in [0, 0.1) is 11.6 Å². The third-order valence-corrected chi connectivity index (χ3v) is 2.94. The Balaban J connectivity index is 2.33. The van der Waals surface area contributed by atoms with Crippen molar-refractivity contribution in [3.63, 3.8) is 0 Å². The van der Waals surface area contributed by atoms with Gasteiger partial charge in [-0.1, -0.05) is 0 Å². The summed E-state index contributed by atoms with van der Waals surface area (Å²) in [6.07, 6.45) is 1.68. The van der Waals surface area contributed by atoms with Crippen molar-refractivity contribution < 1.29 is 23.5 Å². The molecule has 1 aromatic carbocycles. The SMILES string of the molecule is CCn1cccc1C(=O)Nc1cc(C(=O)O)c(F)cc1F. The fraction of sp³-hybridized carbons (Fsp3) is 0.143. The van der Waals surface area contributed by atoms with Gasteiger partial charge < -0.3 is 15.0 Å². The van der Waals surface area contributed by atoms with Crippen molar-refractivity contribution in [2.45, 2.75) is 13.5 Å². The molecule has 1 heterocycles. The van der Waals surface area contributed by atoms with Gasteiger partial charge in [0.2, 0.25) is 0 Å². The summed E-state index contributed by atoms with van der Waals surface area (Å²) in [5.41, 5.74) is -0.807. The van der Waals surface area contributed by atoms with Crippen LogP contribution in [0.15, 0.2) is 30.5 Å². The number of hydrogen-bond donors (Lipinski definition) is 2. The number of amides is 1. The van der Waals surface area contributed by atoms with E-state index < -0.39 is 29.1 Å². The van der Waals surface area contributed by atoms with E-state index in [-0.39, 0.29) is 11.4 Å². The molecule has 0 saturated carbocycles. The number of carboxylic acids is 1. The van der Waals surface area contributed by atoms with Gasteiger partial charge in [0.15, 0.2) is 0 Å². The van der Waals surface area contributed by atoms with Gasteiger partial charge >= 0.3 is 5.97 Å². The number of rotatable bonds is 4. The second-order valence-electron chi connectivity index (χ2n) is 4.25. The highest BCUT2D eigenvalue weighted by Crippen LogP contribution is 2.20. The number of carboxylic acid groups (broad SMARTS) is 1. The Hall–Kier alpha value is -2.70. The second-order valence-corrected chi connectivity index (χ2v) is 4.25. The first-order chi connectivity index (χ1) is 9.93. The monoisotopic (exact) mass is 294 g/mol. The highest BCUT2D eigenvalue weighted by atomic mass is 19.1. The van der Waals surface area contributed by atoms with Crippen LogP contribution in [-0.4, -0.2) is 21.6 Å². The van der Waals surface area contributed by atoms with Crippen molar-refractivity contribution in [3.8, 4) is 0 Å².